The highest BCUT2D eigenvalue weighted by molar-refractivity contribution is 9.10. The fourth-order valence-electron chi connectivity index (χ4n) is 4.78. The third-order valence-electron chi connectivity index (χ3n) is 6.95. The van der Waals surface area contributed by atoms with Gasteiger partial charge in [-0.15, -0.1) is 0 Å². The molecular formula is C34H30BrClN4O4. The third-order valence-corrected chi connectivity index (χ3v) is 7.76. The Kier molecular flexibility index (Phi) is 9.46. The number of aryl methyl sites for hydroxylation is 1. The van der Waals surface area contributed by atoms with Gasteiger partial charge in [-0.05, 0) is 88.4 Å². The number of hydrogen-bond acceptors (Lipinski definition) is 6. The summed E-state index contributed by atoms with van der Waals surface area (Å²) in [6.07, 6.45) is 1.48. The number of amides is 1. The molecule has 0 saturated carbocycles. The lowest BCUT2D eigenvalue weighted by molar-refractivity contribution is -0.118. The predicted molar refractivity (Wildman–Crippen MR) is 180 cm³/mol. The molecule has 224 valence electrons. The van der Waals surface area contributed by atoms with Gasteiger partial charge in [0.15, 0.2) is 12.4 Å². The average molecular weight is 674 g/mol. The molecule has 0 aliphatic heterocycles. The number of benzene rings is 4. The lowest BCUT2D eigenvalue weighted by atomic mass is 9.96. The molecule has 0 bridgehead atoms. The van der Waals surface area contributed by atoms with E-state index < -0.39 is 0 Å². The minimum Gasteiger partial charge on any atom is -0.496 e. The molecule has 0 saturated heterocycles. The summed E-state index contributed by atoms with van der Waals surface area (Å²) in [7, 11) is 1.64. The van der Waals surface area contributed by atoms with Crippen molar-refractivity contribution in [2.75, 3.05) is 19.0 Å². The van der Waals surface area contributed by atoms with Crippen LogP contribution in [0.3, 0.4) is 0 Å². The van der Waals surface area contributed by atoms with Gasteiger partial charge in [0, 0.05) is 21.8 Å². The molecule has 0 aliphatic carbocycles. The van der Waals surface area contributed by atoms with E-state index in [2.05, 4.69) is 40.2 Å². The first-order valence-corrected chi connectivity index (χ1v) is 15.0. The van der Waals surface area contributed by atoms with Crippen molar-refractivity contribution >= 4 is 56.2 Å². The zero-order valence-electron chi connectivity index (χ0n) is 24.6. The van der Waals surface area contributed by atoms with Crippen molar-refractivity contribution in [3.8, 4) is 22.9 Å². The van der Waals surface area contributed by atoms with Gasteiger partial charge < -0.3 is 14.8 Å². The SMILES string of the molecule is COc1cc(C)c(-c2nc3ccccc3c(=O)n2N=Cc2cc(Cl)cc(Br)c2OCC(=O)Nc2ccccc2)cc1C(C)C. The lowest BCUT2D eigenvalue weighted by Gasteiger charge is -2.17. The molecule has 10 heteroatoms. The standard InChI is InChI=1S/C34H30BrClN4O4/c1-20(2)26-17-27(21(3)14-30(26)43-4)33-39-29-13-9-8-12-25(29)34(42)40(33)37-18-22-15-23(36)16-28(35)32(22)44-19-31(41)38-24-10-6-5-7-11-24/h5-18,20H,19H2,1-4H3,(H,38,41). The first kappa shape index (κ1) is 31.0. The number of rotatable bonds is 9. The first-order valence-electron chi connectivity index (χ1n) is 13.9. The smallest absolute Gasteiger partial charge is 0.282 e. The number of fused-ring (bicyclic) bond motifs is 1. The van der Waals surface area contributed by atoms with Crippen molar-refractivity contribution in [1.82, 2.24) is 9.66 Å². The predicted octanol–water partition coefficient (Wildman–Crippen LogP) is 7.82. The molecule has 1 N–H and O–H groups in total. The minimum absolute atomic E-state index is 0.163. The molecule has 1 aromatic heterocycles. The molecule has 0 spiro atoms. The maximum atomic E-state index is 13.9. The molecule has 1 amide bonds. The molecule has 0 aliphatic rings. The van der Waals surface area contributed by atoms with Gasteiger partial charge in [0.2, 0.25) is 0 Å². The lowest BCUT2D eigenvalue weighted by Crippen LogP contribution is -2.21. The van der Waals surface area contributed by atoms with Gasteiger partial charge in [-0.2, -0.15) is 9.78 Å². The molecule has 44 heavy (non-hydrogen) atoms. The maximum absolute atomic E-state index is 13.9. The summed E-state index contributed by atoms with van der Waals surface area (Å²) in [5.74, 6) is 1.30. The largest absolute Gasteiger partial charge is 0.496 e. The number of nitrogens with zero attached hydrogens (tertiary/aromatic N) is 3. The molecule has 5 rings (SSSR count). The van der Waals surface area contributed by atoms with Crippen LogP contribution in [0.4, 0.5) is 5.69 Å². The van der Waals surface area contributed by atoms with E-state index in [1.54, 1.807) is 49.6 Å². The zero-order valence-corrected chi connectivity index (χ0v) is 26.9. The van der Waals surface area contributed by atoms with E-state index in [1.165, 1.54) is 10.9 Å². The monoisotopic (exact) mass is 672 g/mol. The Hall–Kier alpha value is -4.47. The number of aromatic nitrogens is 2. The van der Waals surface area contributed by atoms with Gasteiger partial charge in [-0.1, -0.05) is 55.8 Å². The van der Waals surface area contributed by atoms with Crippen LogP contribution in [0.5, 0.6) is 11.5 Å². The topological polar surface area (TPSA) is 94.8 Å². The van der Waals surface area contributed by atoms with Gasteiger partial charge in [0.1, 0.15) is 11.5 Å². The number of ether oxygens (including phenoxy) is 2. The maximum Gasteiger partial charge on any atom is 0.282 e. The number of hydrogen-bond donors (Lipinski definition) is 1. The van der Waals surface area contributed by atoms with Crippen LogP contribution in [0.1, 0.15) is 36.5 Å². The van der Waals surface area contributed by atoms with Crippen molar-refractivity contribution in [3.05, 3.63) is 115 Å². The average Bonchev–Trinajstić information content (AvgIpc) is 3.00. The highest BCUT2D eigenvalue weighted by Gasteiger charge is 2.19. The van der Waals surface area contributed by atoms with E-state index in [9.17, 15) is 9.59 Å². The van der Waals surface area contributed by atoms with Gasteiger partial charge in [-0.3, -0.25) is 9.59 Å². The summed E-state index contributed by atoms with van der Waals surface area (Å²) in [4.78, 5) is 31.4. The normalized spacial score (nSPS) is 11.3. The van der Waals surface area contributed by atoms with Crippen molar-refractivity contribution in [2.45, 2.75) is 26.7 Å². The highest BCUT2D eigenvalue weighted by atomic mass is 79.9. The summed E-state index contributed by atoms with van der Waals surface area (Å²) in [5, 5.41) is 8.25. The second-order valence-corrected chi connectivity index (χ2v) is 11.7. The van der Waals surface area contributed by atoms with Crippen LogP contribution in [0.2, 0.25) is 5.02 Å². The van der Waals surface area contributed by atoms with Crippen LogP contribution < -0.4 is 20.3 Å². The second kappa shape index (κ2) is 13.4. The van der Waals surface area contributed by atoms with Gasteiger partial charge in [-0.25, -0.2) is 4.98 Å². The van der Waals surface area contributed by atoms with Crippen LogP contribution in [-0.2, 0) is 4.79 Å². The van der Waals surface area contributed by atoms with Crippen LogP contribution in [-0.4, -0.2) is 35.5 Å². The number of carbonyl (C=O) groups is 1. The summed E-state index contributed by atoms with van der Waals surface area (Å²) in [6.45, 7) is 5.84. The van der Waals surface area contributed by atoms with Gasteiger partial charge in [0.05, 0.1) is 28.7 Å². The van der Waals surface area contributed by atoms with Crippen molar-refractivity contribution in [3.63, 3.8) is 0 Å². The molecule has 8 nitrogen and oxygen atoms in total. The number of methoxy groups -OCH3 is 1. The van der Waals surface area contributed by atoms with Gasteiger partial charge in [0.25, 0.3) is 11.5 Å². The zero-order chi connectivity index (χ0) is 31.4. The summed E-state index contributed by atoms with van der Waals surface area (Å²) < 4.78 is 13.4. The van der Waals surface area contributed by atoms with Crippen LogP contribution >= 0.6 is 27.5 Å². The van der Waals surface area contributed by atoms with E-state index in [4.69, 9.17) is 26.1 Å². The van der Waals surface area contributed by atoms with E-state index in [1.807, 2.05) is 43.3 Å². The van der Waals surface area contributed by atoms with Crippen molar-refractivity contribution < 1.29 is 14.3 Å². The van der Waals surface area contributed by atoms with Crippen LogP contribution in [0.25, 0.3) is 22.3 Å². The fraction of sp³-hybridized carbons (Fsp3) is 0.176. The molecule has 0 atom stereocenters. The number of para-hydroxylation sites is 2. The number of nitrogens with one attached hydrogen (secondary N) is 1. The second-order valence-electron chi connectivity index (χ2n) is 10.4. The van der Waals surface area contributed by atoms with Crippen molar-refractivity contribution in [1.29, 1.82) is 0 Å². The number of anilines is 1. The van der Waals surface area contributed by atoms with E-state index >= 15 is 0 Å². The molecule has 5 aromatic rings. The minimum atomic E-state index is -0.339. The van der Waals surface area contributed by atoms with Crippen molar-refractivity contribution in [2.24, 2.45) is 5.10 Å². The highest BCUT2D eigenvalue weighted by Crippen LogP contribution is 2.35. The Morgan fingerprint density at radius 1 is 1.09 bits per heavy atom. The van der Waals surface area contributed by atoms with E-state index in [0.29, 0.717) is 43.2 Å². The first-order chi connectivity index (χ1) is 21.2. The molecule has 0 radical (unpaired) electrons. The summed E-state index contributed by atoms with van der Waals surface area (Å²) in [6, 6.07) is 23.5. The van der Waals surface area contributed by atoms with Crippen LogP contribution in [0.15, 0.2) is 93.2 Å². The number of halogens is 2. The molecular weight excluding hydrogens is 644 g/mol. The third kappa shape index (κ3) is 6.69. The van der Waals surface area contributed by atoms with E-state index in [-0.39, 0.29) is 24.0 Å². The molecule has 0 unspecified atom stereocenters. The molecule has 1 heterocycles. The fourth-order valence-corrected chi connectivity index (χ4v) is 5.73. The molecule has 0 fully saturated rings. The summed E-state index contributed by atoms with van der Waals surface area (Å²) in [5.41, 5.74) is 3.93. The van der Waals surface area contributed by atoms with Gasteiger partial charge >= 0.3 is 0 Å². The number of carbonyl (C=O) groups excluding carboxylic acids is 1. The Labute approximate surface area is 268 Å². The Bertz CT molecular complexity index is 1940. The summed E-state index contributed by atoms with van der Waals surface area (Å²) >= 11 is 9.88. The Balaban J connectivity index is 1.59. The van der Waals surface area contributed by atoms with Crippen LogP contribution in [0, 0.1) is 6.92 Å². The Morgan fingerprint density at radius 2 is 1.82 bits per heavy atom. The quantitative estimate of drug-likeness (QED) is 0.161. The van der Waals surface area contributed by atoms with E-state index in [0.717, 1.165) is 22.4 Å². The Morgan fingerprint density at radius 3 is 2.55 bits per heavy atom. The molecule has 4 aromatic carbocycles.